The van der Waals surface area contributed by atoms with E-state index < -0.39 is 17.2 Å². The summed E-state index contributed by atoms with van der Waals surface area (Å²) in [5.74, 6) is -1.76. The predicted molar refractivity (Wildman–Crippen MR) is 44.1 cm³/mol. The van der Waals surface area contributed by atoms with Crippen molar-refractivity contribution >= 4 is 0 Å². The van der Waals surface area contributed by atoms with Gasteiger partial charge < -0.3 is 5.11 Å². The molecule has 0 unspecified atom stereocenters. The molecule has 0 spiro atoms. The van der Waals surface area contributed by atoms with Gasteiger partial charge >= 0.3 is 0 Å². The van der Waals surface area contributed by atoms with Crippen LogP contribution in [0.25, 0.3) is 0 Å². The Balaban J connectivity index is 2.36. The van der Waals surface area contributed by atoms with Gasteiger partial charge in [-0.3, -0.25) is 0 Å². The van der Waals surface area contributed by atoms with Gasteiger partial charge in [0.2, 0.25) is 0 Å². The average molecular weight is 184 g/mol. The molecule has 0 heterocycles. The highest BCUT2D eigenvalue weighted by atomic mass is 19.2. The van der Waals surface area contributed by atoms with Crippen molar-refractivity contribution in [3.63, 3.8) is 0 Å². The second-order valence-electron chi connectivity index (χ2n) is 3.51. The zero-order valence-electron chi connectivity index (χ0n) is 7.06. The van der Waals surface area contributed by atoms with E-state index in [2.05, 4.69) is 0 Å². The Morgan fingerprint density at radius 3 is 2.31 bits per heavy atom. The van der Waals surface area contributed by atoms with Crippen LogP contribution < -0.4 is 0 Å². The molecule has 1 aliphatic rings. The van der Waals surface area contributed by atoms with Gasteiger partial charge in [-0.2, -0.15) is 0 Å². The lowest BCUT2D eigenvalue weighted by molar-refractivity contribution is -0.0390. The second kappa shape index (κ2) is 2.77. The minimum absolute atomic E-state index is 0.484. The summed E-state index contributed by atoms with van der Waals surface area (Å²) in [5.41, 5.74) is -0.424. The standard InChI is InChI=1S/C10H10F2O/c11-8-3-2-7(6-9(8)12)10(13)4-1-5-10/h2-3,6,13H,1,4-5H2. The molecule has 13 heavy (non-hydrogen) atoms. The van der Waals surface area contributed by atoms with Crippen molar-refractivity contribution < 1.29 is 13.9 Å². The molecule has 0 atom stereocenters. The number of halogens is 2. The molecule has 0 aromatic heterocycles. The van der Waals surface area contributed by atoms with E-state index in [1.807, 2.05) is 0 Å². The molecule has 0 aliphatic heterocycles. The summed E-state index contributed by atoms with van der Waals surface area (Å²) in [5, 5.41) is 9.81. The zero-order valence-corrected chi connectivity index (χ0v) is 7.06. The van der Waals surface area contributed by atoms with Crippen LogP contribution in [-0.2, 0) is 5.60 Å². The maximum atomic E-state index is 12.8. The van der Waals surface area contributed by atoms with Crippen LogP contribution in [0.4, 0.5) is 8.78 Å². The highest BCUT2D eigenvalue weighted by molar-refractivity contribution is 5.25. The van der Waals surface area contributed by atoms with E-state index in [1.165, 1.54) is 6.07 Å². The Bertz CT molecular complexity index is 332. The van der Waals surface area contributed by atoms with Crippen molar-refractivity contribution in [3.05, 3.63) is 35.4 Å². The molecule has 1 nitrogen and oxygen atoms in total. The number of aliphatic hydroxyl groups is 1. The smallest absolute Gasteiger partial charge is 0.159 e. The number of rotatable bonds is 1. The van der Waals surface area contributed by atoms with Gasteiger partial charge in [0, 0.05) is 0 Å². The van der Waals surface area contributed by atoms with Crippen molar-refractivity contribution in [1.29, 1.82) is 0 Å². The van der Waals surface area contributed by atoms with Gasteiger partial charge in [0.25, 0.3) is 0 Å². The first-order valence-corrected chi connectivity index (χ1v) is 4.30. The second-order valence-corrected chi connectivity index (χ2v) is 3.51. The molecule has 1 fully saturated rings. The molecule has 0 amide bonds. The Labute approximate surface area is 75.0 Å². The van der Waals surface area contributed by atoms with Crippen molar-refractivity contribution in [3.8, 4) is 0 Å². The summed E-state index contributed by atoms with van der Waals surface area (Å²) < 4.78 is 25.3. The van der Waals surface area contributed by atoms with Crippen LogP contribution in [0.2, 0.25) is 0 Å². The van der Waals surface area contributed by atoms with Crippen LogP contribution in [0.1, 0.15) is 24.8 Å². The lowest BCUT2D eigenvalue weighted by atomic mass is 9.75. The van der Waals surface area contributed by atoms with Crippen LogP contribution in [0, 0.1) is 11.6 Å². The molecule has 3 heteroatoms. The topological polar surface area (TPSA) is 20.2 Å². The van der Waals surface area contributed by atoms with E-state index in [-0.39, 0.29) is 0 Å². The molecule has 1 aliphatic carbocycles. The van der Waals surface area contributed by atoms with Crippen LogP contribution in [0.3, 0.4) is 0 Å². The SMILES string of the molecule is OC1(c2ccc(F)c(F)c2)CCC1. The first-order valence-electron chi connectivity index (χ1n) is 4.30. The highest BCUT2D eigenvalue weighted by Gasteiger charge is 2.36. The Hall–Kier alpha value is -0.960. The van der Waals surface area contributed by atoms with Crippen LogP contribution in [0.15, 0.2) is 18.2 Å². The molecule has 1 N–H and O–H groups in total. The molecule has 1 aromatic carbocycles. The van der Waals surface area contributed by atoms with Gasteiger partial charge in [-0.05, 0) is 37.0 Å². The fourth-order valence-corrected chi connectivity index (χ4v) is 1.59. The fourth-order valence-electron chi connectivity index (χ4n) is 1.59. The minimum Gasteiger partial charge on any atom is -0.385 e. The summed E-state index contributed by atoms with van der Waals surface area (Å²) in [6.07, 6.45) is 2.21. The molecule has 0 bridgehead atoms. The van der Waals surface area contributed by atoms with Crippen molar-refractivity contribution in [2.24, 2.45) is 0 Å². The largest absolute Gasteiger partial charge is 0.385 e. The molecule has 1 aromatic rings. The summed E-state index contributed by atoms with van der Waals surface area (Å²) in [6, 6.07) is 3.58. The van der Waals surface area contributed by atoms with Crippen molar-refractivity contribution in [1.82, 2.24) is 0 Å². The third-order valence-corrected chi connectivity index (χ3v) is 2.64. The quantitative estimate of drug-likeness (QED) is 0.710. The first-order chi connectivity index (χ1) is 6.12. The highest BCUT2D eigenvalue weighted by Crippen LogP contribution is 2.41. The number of hydrogen-bond acceptors (Lipinski definition) is 1. The van der Waals surface area contributed by atoms with Gasteiger partial charge in [0.05, 0.1) is 5.60 Å². The van der Waals surface area contributed by atoms with Crippen LogP contribution in [-0.4, -0.2) is 5.11 Å². The van der Waals surface area contributed by atoms with E-state index in [9.17, 15) is 13.9 Å². The third-order valence-electron chi connectivity index (χ3n) is 2.64. The third kappa shape index (κ3) is 1.33. The number of benzene rings is 1. The monoisotopic (exact) mass is 184 g/mol. The van der Waals surface area contributed by atoms with E-state index in [1.54, 1.807) is 0 Å². The van der Waals surface area contributed by atoms with Gasteiger partial charge in [0.1, 0.15) is 0 Å². The Kier molecular flexibility index (Phi) is 1.84. The lowest BCUT2D eigenvalue weighted by Crippen LogP contribution is -2.33. The van der Waals surface area contributed by atoms with Gasteiger partial charge in [-0.15, -0.1) is 0 Å². The molecular formula is C10H10F2O. The average Bonchev–Trinajstić information content (AvgIpc) is 2.06. The van der Waals surface area contributed by atoms with Crippen LogP contribution in [0.5, 0.6) is 0 Å². The van der Waals surface area contributed by atoms with Crippen molar-refractivity contribution in [2.75, 3.05) is 0 Å². The molecule has 1 saturated carbocycles. The molecule has 0 saturated heterocycles. The van der Waals surface area contributed by atoms with Crippen molar-refractivity contribution in [2.45, 2.75) is 24.9 Å². The minimum atomic E-state index is -0.908. The Morgan fingerprint density at radius 2 is 1.85 bits per heavy atom. The summed E-state index contributed by atoms with van der Waals surface area (Å²) >= 11 is 0. The van der Waals surface area contributed by atoms with E-state index in [0.29, 0.717) is 18.4 Å². The van der Waals surface area contributed by atoms with E-state index in [0.717, 1.165) is 18.6 Å². The summed E-state index contributed by atoms with van der Waals surface area (Å²) in [6.45, 7) is 0. The van der Waals surface area contributed by atoms with E-state index in [4.69, 9.17) is 0 Å². The Morgan fingerprint density at radius 1 is 1.15 bits per heavy atom. The number of hydrogen-bond donors (Lipinski definition) is 1. The summed E-state index contributed by atoms with van der Waals surface area (Å²) in [4.78, 5) is 0. The first kappa shape index (κ1) is 8.63. The molecule has 2 rings (SSSR count). The maximum Gasteiger partial charge on any atom is 0.159 e. The predicted octanol–water partition coefficient (Wildman–Crippen LogP) is 2.34. The van der Waals surface area contributed by atoms with Gasteiger partial charge in [-0.25, -0.2) is 8.78 Å². The van der Waals surface area contributed by atoms with E-state index >= 15 is 0 Å². The normalized spacial score (nSPS) is 19.6. The molecule has 70 valence electrons. The zero-order chi connectivity index (χ0) is 9.47. The summed E-state index contributed by atoms with van der Waals surface area (Å²) in [7, 11) is 0. The maximum absolute atomic E-state index is 12.8. The molecular weight excluding hydrogens is 174 g/mol. The van der Waals surface area contributed by atoms with Crippen LogP contribution >= 0.6 is 0 Å². The fraction of sp³-hybridized carbons (Fsp3) is 0.400. The lowest BCUT2D eigenvalue weighted by Gasteiger charge is -2.37. The van der Waals surface area contributed by atoms with Gasteiger partial charge in [0.15, 0.2) is 11.6 Å². The molecule has 0 radical (unpaired) electrons. The van der Waals surface area contributed by atoms with Gasteiger partial charge in [-0.1, -0.05) is 6.07 Å².